The van der Waals surface area contributed by atoms with Crippen molar-refractivity contribution >= 4 is 6.29 Å². The van der Waals surface area contributed by atoms with E-state index in [0.717, 1.165) is 18.3 Å². The highest BCUT2D eigenvalue weighted by molar-refractivity contribution is 5.60. The first-order valence-electron chi connectivity index (χ1n) is 4.01. The lowest BCUT2D eigenvalue weighted by Crippen LogP contribution is -2.04. The lowest BCUT2D eigenvalue weighted by molar-refractivity contribution is -0.109. The van der Waals surface area contributed by atoms with Gasteiger partial charge >= 0.3 is 0 Å². The second kappa shape index (κ2) is 3.87. The van der Waals surface area contributed by atoms with Crippen molar-refractivity contribution in [1.82, 2.24) is 0 Å². The standard InChI is InChI=1S/C10H11NO/c1-8(7-12)10-4-2-9(6-11)3-5-10/h2,4-5,7-9H,3H2,1H3. The molecule has 0 fully saturated rings. The van der Waals surface area contributed by atoms with E-state index >= 15 is 0 Å². The molecule has 0 aromatic carbocycles. The van der Waals surface area contributed by atoms with Crippen molar-refractivity contribution in [3.05, 3.63) is 23.8 Å². The van der Waals surface area contributed by atoms with Gasteiger partial charge in [-0.25, -0.2) is 0 Å². The van der Waals surface area contributed by atoms with Crippen molar-refractivity contribution < 1.29 is 4.79 Å². The first-order valence-corrected chi connectivity index (χ1v) is 4.01. The zero-order valence-electron chi connectivity index (χ0n) is 7.03. The van der Waals surface area contributed by atoms with Crippen LogP contribution in [-0.2, 0) is 4.79 Å². The van der Waals surface area contributed by atoms with E-state index in [2.05, 4.69) is 6.07 Å². The van der Waals surface area contributed by atoms with Gasteiger partial charge in [-0.2, -0.15) is 5.26 Å². The van der Waals surface area contributed by atoms with Crippen molar-refractivity contribution in [2.75, 3.05) is 0 Å². The summed E-state index contributed by atoms with van der Waals surface area (Å²) in [6.07, 6.45) is 7.35. The van der Waals surface area contributed by atoms with Crippen LogP contribution in [0.2, 0.25) is 0 Å². The molecule has 12 heavy (non-hydrogen) atoms. The third-order valence-corrected chi connectivity index (χ3v) is 2.02. The van der Waals surface area contributed by atoms with Gasteiger partial charge in [-0.05, 0) is 12.0 Å². The van der Waals surface area contributed by atoms with Crippen LogP contribution < -0.4 is 0 Å². The molecule has 2 nitrogen and oxygen atoms in total. The lowest BCUT2D eigenvalue weighted by Gasteiger charge is -2.11. The third kappa shape index (κ3) is 1.82. The summed E-state index contributed by atoms with van der Waals surface area (Å²) < 4.78 is 0. The lowest BCUT2D eigenvalue weighted by atomic mass is 9.92. The number of carbonyl (C=O) groups is 1. The van der Waals surface area contributed by atoms with E-state index in [1.807, 2.05) is 25.2 Å². The average molecular weight is 161 g/mol. The smallest absolute Gasteiger partial charge is 0.127 e. The second-order valence-corrected chi connectivity index (χ2v) is 2.96. The first-order chi connectivity index (χ1) is 5.77. The largest absolute Gasteiger partial charge is 0.303 e. The number of allylic oxidation sites excluding steroid dienone is 4. The number of carbonyl (C=O) groups excluding carboxylic acids is 1. The molecule has 0 amide bonds. The molecule has 0 saturated carbocycles. The maximum Gasteiger partial charge on any atom is 0.127 e. The summed E-state index contributed by atoms with van der Waals surface area (Å²) in [5.41, 5.74) is 1.02. The Kier molecular flexibility index (Phi) is 2.82. The number of nitriles is 1. The highest BCUT2D eigenvalue weighted by Crippen LogP contribution is 2.20. The number of hydrogen-bond acceptors (Lipinski definition) is 2. The molecule has 0 bridgehead atoms. The fraction of sp³-hybridized carbons (Fsp3) is 0.400. The fourth-order valence-electron chi connectivity index (χ4n) is 1.15. The predicted octanol–water partition coefficient (Wildman–Crippen LogP) is 1.85. The van der Waals surface area contributed by atoms with Gasteiger partial charge in [0.2, 0.25) is 0 Å². The summed E-state index contributed by atoms with van der Waals surface area (Å²) in [6, 6.07) is 2.16. The van der Waals surface area contributed by atoms with Gasteiger partial charge in [0, 0.05) is 5.92 Å². The Labute approximate surface area is 72.2 Å². The summed E-state index contributed by atoms with van der Waals surface area (Å²) in [5.74, 6) is -0.0477. The van der Waals surface area contributed by atoms with Crippen molar-refractivity contribution in [2.45, 2.75) is 13.3 Å². The number of aldehydes is 1. The van der Waals surface area contributed by atoms with Crippen molar-refractivity contribution in [1.29, 1.82) is 5.26 Å². The molecular formula is C10H11NO. The van der Waals surface area contributed by atoms with Gasteiger partial charge in [0.1, 0.15) is 6.29 Å². The molecule has 0 aromatic rings. The molecule has 2 atom stereocenters. The van der Waals surface area contributed by atoms with Crippen molar-refractivity contribution in [3.63, 3.8) is 0 Å². The molecule has 2 unspecified atom stereocenters. The van der Waals surface area contributed by atoms with E-state index in [1.165, 1.54) is 0 Å². The molecule has 0 aliphatic heterocycles. The van der Waals surface area contributed by atoms with Gasteiger partial charge in [-0.3, -0.25) is 0 Å². The van der Waals surface area contributed by atoms with Crippen LogP contribution in [-0.4, -0.2) is 6.29 Å². The zero-order chi connectivity index (χ0) is 8.97. The Balaban J connectivity index is 2.65. The maximum atomic E-state index is 10.4. The minimum absolute atomic E-state index is 0.00685. The molecule has 0 heterocycles. The van der Waals surface area contributed by atoms with Gasteiger partial charge in [0.05, 0.1) is 12.0 Å². The number of nitrogens with zero attached hydrogens (tertiary/aromatic N) is 1. The third-order valence-electron chi connectivity index (χ3n) is 2.02. The van der Waals surface area contributed by atoms with E-state index < -0.39 is 0 Å². The summed E-state index contributed by atoms with van der Waals surface area (Å²) >= 11 is 0. The molecule has 0 N–H and O–H groups in total. The summed E-state index contributed by atoms with van der Waals surface area (Å²) in [6.45, 7) is 1.86. The highest BCUT2D eigenvalue weighted by Gasteiger charge is 2.10. The Morgan fingerprint density at radius 1 is 1.83 bits per heavy atom. The van der Waals surface area contributed by atoms with E-state index in [1.54, 1.807) is 0 Å². The fourth-order valence-corrected chi connectivity index (χ4v) is 1.15. The monoisotopic (exact) mass is 161 g/mol. The van der Waals surface area contributed by atoms with E-state index in [4.69, 9.17) is 5.26 Å². The summed E-state index contributed by atoms with van der Waals surface area (Å²) in [4.78, 5) is 10.4. The summed E-state index contributed by atoms with van der Waals surface area (Å²) in [7, 11) is 0. The second-order valence-electron chi connectivity index (χ2n) is 2.96. The highest BCUT2D eigenvalue weighted by atomic mass is 16.1. The minimum atomic E-state index is -0.0408. The van der Waals surface area contributed by atoms with E-state index in [-0.39, 0.29) is 11.8 Å². The number of hydrogen-bond donors (Lipinski definition) is 0. The normalized spacial score (nSPS) is 24.0. The molecule has 1 aliphatic carbocycles. The van der Waals surface area contributed by atoms with Crippen LogP contribution >= 0.6 is 0 Å². The van der Waals surface area contributed by atoms with Gasteiger partial charge in [-0.1, -0.05) is 25.2 Å². The predicted molar refractivity (Wildman–Crippen MR) is 46.2 cm³/mol. The molecule has 1 rings (SSSR count). The van der Waals surface area contributed by atoms with Crippen LogP contribution in [0, 0.1) is 23.2 Å². The Bertz CT molecular complexity index is 270. The topological polar surface area (TPSA) is 40.9 Å². The molecular weight excluding hydrogens is 150 g/mol. The van der Waals surface area contributed by atoms with Crippen LogP contribution in [0.25, 0.3) is 0 Å². The Morgan fingerprint density at radius 2 is 2.58 bits per heavy atom. The SMILES string of the molecule is CC(C=O)C1=CCC(C#N)C=C1. The molecule has 2 heteroatoms. The van der Waals surface area contributed by atoms with Crippen molar-refractivity contribution in [2.24, 2.45) is 11.8 Å². The van der Waals surface area contributed by atoms with Crippen LogP contribution in [0.3, 0.4) is 0 Å². The minimum Gasteiger partial charge on any atom is -0.303 e. The molecule has 1 aliphatic rings. The maximum absolute atomic E-state index is 10.4. The van der Waals surface area contributed by atoms with Gasteiger partial charge < -0.3 is 4.79 Å². The molecule has 0 aromatic heterocycles. The van der Waals surface area contributed by atoms with Gasteiger partial charge in [0.25, 0.3) is 0 Å². The Hall–Kier alpha value is -1.36. The van der Waals surface area contributed by atoms with Crippen LogP contribution in [0.1, 0.15) is 13.3 Å². The van der Waals surface area contributed by atoms with Crippen molar-refractivity contribution in [3.8, 4) is 6.07 Å². The van der Waals surface area contributed by atoms with Crippen LogP contribution in [0.15, 0.2) is 23.8 Å². The molecule has 0 radical (unpaired) electrons. The van der Waals surface area contributed by atoms with Crippen LogP contribution in [0.4, 0.5) is 0 Å². The van der Waals surface area contributed by atoms with Gasteiger partial charge in [-0.15, -0.1) is 0 Å². The van der Waals surface area contributed by atoms with Crippen LogP contribution in [0.5, 0.6) is 0 Å². The Morgan fingerprint density at radius 3 is 3.00 bits per heavy atom. The summed E-state index contributed by atoms with van der Waals surface area (Å²) in [5, 5.41) is 8.57. The first kappa shape index (κ1) is 8.73. The molecule has 0 saturated heterocycles. The van der Waals surface area contributed by atoms with E-state index in [9.17, 15) is 4.79 Å². The molecule has 62 valence electrons. The molecule has 0 spiro atoms. The van der Waals surface area contributed by atoms with Gasteiger partial charge in [0.15, 0.2) is 0 Å². The number of rotatable bonds is 2. The quantitative estimate of drug-likeness (QED) is 0.580. The van der Waals surface area contributed by atoms with E-state index in [0.29, 0.717) is 0 Å². The zero-order valence-corrected chi connectivity index (χ0v) is 7.03. The average Bonchev–Trinajstić information content (AvgIpc) is 2.17.